The van der Waals surface area contributed by atoms with E-state index in [1.54, 1.807) is 44.2 Å². The standard InChI is InChI=1S/C22H29FN3O9PS/c1-13(2)33-17(28)14(3)25-36(37,35-15-8-6-5-7-9-15)32-12-22(23)18(29)21(4,31)19(34-22)26-11-10-16(27)24-20(26)30/h5-11,13-14,18-19,29,31H,12H2,1-4H3,(H,25,37)(H,24,27,30)/t14-,18+,19-,21-,22-,36-/m1/s1. The summed E-state index contributed by atoms with van der Waals surface area (Å²) in [6.45, 7) is 1.08. The molecule has 0 spiro atoms. The number of carbonyl (C=O) groups excluding carboxylic acids is 1. The summed E-state index contributed by atoms with van der Waals surface area (Å²) in [6.07, 6.45) is -3.36. The predicted molar refractivity (Wildman–Crippen MR) is 133 cm³/mol. The van der Waals surface area contributed by atoms with E-state index in [1.807, 2.05) is 4.98 Å². The van der Waals surface area contributed by atoms with Gasteiger partial charge in [0.1, 0.15) is 30.1 Å². The lowest BCUT2D eigenvalue weighted by molar-refractivity contribution is -0.203. The van der Waals surface area contributed by atoms with Crippen molar-refractivity contribution in [1.82, 2.24) is 14.6 Å². The van der Waals surface area contributed by atoms with E-state index < -0.39 is 66.4 Å². The van der Waals surface area contributed by atoms with E-state index in [9.17, 15) is 24.6 Å². The van der Waals surface area contributed by atoms with Gasteiger partial charge in [-0.25, -0.2) is 14.3 Å². The van der Waals surface area contributed by atoms with Gasteiger partial charge in [0, 0.05) is 12.3 Å². The number of esters is 1. The van der Waals surface area contributed by atoms with E-state index in [2.05, 4.69) is 5.09 Å². The van der Waals surface area contributed by atoms with Crippen LogP contribution in [-0.4, -0.2) is 62.0 Å². The van der Waals surface area contributed by atoms with Crippen LogP contribution in [0, 0.1) is 0 Å². The first-order valence-electron chi connectivity index (χ1n) is 11.2. The number of H-pyrrole nitrogens is 1. The van der Waals surface area contributed by atoms with Crippen LogP contribution in [0.15, 0.2) is 52.2 Å². The zero-order valence-corrected chi connectivity index (χ0v) is 22.2. The summed E-state index contributed by atoms with van der Waals surface area (Å²) in [4.78, 5) is 37.9. The number of aromatic amines is 1. The highest BCUT2D eigenvalue weighted by atomic mass is 32.5. The normalized spacial score (nSPS) is 28.0. The smallest absolute Gasteiger partial charge is 0.330 e. The molecule has 2 aromatic rings. The van der Waals surface area contributed by atoms with Gasteiger partial charge in [0.05, 0.1) is 6.10 Å². The van der Waals surface area contributed by atoms with Crippen LogP contribution < -0.4 is 20.9 Å². The van der Waals surface area contributed by atoms with Crippen LogP contribution >= 0.6 is 6.64 Å². The summed E-state index contributed by atoms with van der Waals surface area (Å²) in [7, 11) is 0. The van der Waals surface area contributed by atoms with Crippen LogP contribution in [-0.2, 0) is 30.6 Å². The van der Waals surface area contributed by atoms with Gasteiger partial charge < -0.3 is 28.7 Å². The molecule has 12 nitrogen and oxygen atoms in total. The minimum atomic E-state index is -3.71. The molecule has 0 saturated carbocycles. The highest BCUT2D eigenvalue weighted by Crippen LogP contribution is 2.50. The van der Waals surface area contributed by atoms with Crippen LogP contribution in [0.3, 0.4) is 0 Å². The average Bonchev–Trinajstić information content (AvgIpc) is 2.98. The minimum Gasteiger partial charge on any atom is -0.462 e. The van der Waals surface area contributed by atoms with Gasteiger partial charge in [0.2, 0.25) is 0 Å². The number of aliphatic hydroxyl groups excluding tert-OH is 1. The number of hydrogen-bond acceptors (Lipinski definition) is 10. The Labute approximate surface area is 216 Å². The van der Waals surface area contributed by atoms with Gasteiger partial charge in [-0.05, 0) is 51.6 Å². The zero-order chi connectivity index (χ0) is 27.6. The molecule has 1 fully saturated rings. The third kappa shape index (κ3) is 6.71. The quantitative estimate of drug-likeness (QED) is 0.243. The summed E-state index contributed by atoms with van der Waals surface area (Å²) in [5.41, 5.74) is -4.04. The van der Waals surface area contributed by atoms with Gasteiger partial charge in [0.25, 0.3) is 11.4 Å². The average molecular weight is 562 g/mol. The maximum Gasteiger partial charge on any atom is 0.330 e. The molecule has 1 aromatic carbocycles. The molecule has 0 radical (unpaired) electrons. The Morgan fingerprint density at radius 2 is 1.95 bits per heavy atom. The van der Waals surface area contributed by atoms with Crippen molar-refractivity contribution in [3.05, 3.63) is 63.4 Å². The number of aliphatic hydroxyl groups is 2. The molecular formula is C22H29FN3O9PS. The van der Waals surface area contributed by atoms with Crippen molar-refractivity contribution in [3.8, 4) is 5.75 Å². The maximum absolute atomic E-state index is 15.9. The highest BCUT2D eigenvalue weighted by Gasteiger charge is 2.63. The summed E-state index contributed by atoms with van der Waals surface area (Å²) in [5.74, 6) is -3.47. The molecule has 0 amide bonds. The number of para-hydroxylation sites is 1. The van der Waals surface area contributed by atoms with E-state index in [0.29, 0.717) is 0 Å². The molecule has 1 aliphatic heterocycles. The number of nitrogens with one attached hydrogen (secondary N) is 2. The fourth-order valence-corrected chi connectivity index (χ4v) is 5.91. The fraction of sp³-hybridized carbons (Fsp3) is 0.500. The molecule has 2 heterocycles. The Bertz CT molecular complexity index is 1270. The van der Waals surface area contributed by atoms with Crippen LogP contribution in [0.4, 0.5) is 4.39 Å². The Morgan fingerprint density at radius 3 is 2.54 bits per heavy atom. The van der Waals surface area contributed by atoms with E-state index in [4.69, 9.17) is 30.3 Å². The Balaban J connectivity index is 1.86. The molecular weight excluding hydrogens is 532 g/mol. The molecule has 4 N–H and O–H groups in total. The number of rotatable bonds is 10. The molecule has 204 valence electrons. The topological polar surface area (TPSA) is 161 Å². The molecule has 0 aliphatic carbocycles. The SMILES string of the molecule is CC(C)OC(=O)[C@@H](C)N[P@@](=S)(OC[C@@]1(F)O[C@@H](n2ccc(=O)[nH]c2=O)[C@](C)(O)[C@@H]1O)Oc1ccccc1. The van der Waals surface area contributed by atoms with E-state index in [0.717, 1.165) is 23.8 Å². The van der Waals surface area contributed by atoms with Crippen LogP contribution in [0.25, 0.3) is 0 Å². The van der Waals surface area contributed by atoms with Gasteiger partial charge in [-0.3, -0.25) is 19.1 Å². The lowest BCUT2D eigenvalue weighted by atomic mass is 9.95. The van der Waals surface area contributed by atoms with E-state index >= 15 is 4.39 Å². The number of nitrogens with zero attached hydrogens (tertiary/aromatic N) is 1. The maximum atomic E-state index is 15.9. The molecule has 0 bridgehead atoms. The van der Waals surface area contributed by atoms with Gasteiger partial charge in [0.15, 0.2) is 6.23 Å². The van der Waals surface area contributed by atoms with Gasteiger partial charge in [-0.15, -0.1) is 0 Å². The van der Waals surface area contributed by atoms with Crippen molar-refractivity contribution < 1.29 is 37.9 Å². The van der Waals surface area contributed by atoms with Gasteiger partial charge >= 0.3 is 18.3 Å². The first-order chi connectivity index (χ1) is 17.2. The Morgan fingerprint density at radius 1 is 1.30 bits per heavy atom. The van der Waals surface area contributed by atoms with E-state index in [-0.39, 0.29) is 5.75 Å². The molecule has 6 atom stereocenters. The van der Waals surface area contributed by atoms with Crippen molar-refractivity contribution in [2.24, 2.45) is 0 Å². The minimum absolute atomic E-state index is 0.258. The van der Waals surface area contributed by atoms with Gasteiger partial charge in [-0.1, -0.05) is 18.2 Å². The van der Waals surface area contributed by atoms with Crippen molar-refractivity contribution in [3.63, 3.8) is 0 Å². The van der Waals surface area contributed by atoms with Crippen molar-refractivity contribution in [2.45, 2.75) is 63.6 Å². The summed E-state index contributed by atoms with van der Waals surface area (Å²) in [6, 6.07) is 8.14. The second kappa shape index (κ2) is 11.1. The Hall–Kier alpha value is -2.45. The molecule has 1 aliphatic rings. The van der Waals surface area contributed by atoms with Crippen LogP contribution in [0.5, 0.6) is 5.75 Å². The molecule has 37 heavy (non-hydrogen) atoms. The molecule has 3 rings (SSSR count). The van der Waals surface area contributed by atoms with Crippen molar-refractivity contribution >= 4 is 24.4 Å². The third-order valence-corrected chi connectivity index (χ3v) is 7.81. The molecule has 15 heteroatoms. The summed E-state index contributed by atoms with van der Waals surface area (Å²) in [5, 5.41) is 24.2. The number of ether oxygens (including phenoxy) is 2. The zero-order valence-electron chi connectivity index (χ0n) is 20.5. The predicted octanol–water partition coefficient (Wildman–Crippen LogP) is 1.09. The lowest BCUT2D eigenvalue weighted by Crippen LogP contribution is -2.50. The molecule has 0 unspecified atom stereocenters. The fourth-order valence-electron chi connectivity index (χ4n) is 3.51. The second-order valence-corrected chi connectivity index (χ2v) is 12.0. The summed E-state index contributed by atoms with van der Waals surface area (Å²) < 4.78 is 38.5. The largest absolute Gasteiger partial charge is 0.462 e. The molecule has 1 saturated heterocycles. The van der Waals surface area contributed by atoms with Crippen LogP contribution in [0.2, 0.25) is 0 Å². The first-order valence-corrected chi connectivity index (χ1v) is 13.9. The molecule has 1 aromatic heterocycles. The Kier molecular flexibility index (Phi) is 8.75. The third-order valence-electron chi connectivity index (χ3n) is 5.33. The summed E-state index contributed by atoms with van der Waals surface area (Å²) >= 11 is 5.52. The van der Waals surface area contributed by atoms with E-state index in [1.165, 1.54) is 6.92 Å². The number of aromatic nitrogens is 2. The van der Waals surface area contributed by atoms with Gasteiger partial charge in [-0.2, -0.15) is 0 Å². The number of alkyl halides is 1. The number of halogens is 1. The number of carbonyl (C=O) groups is 1. The monoisotopic (exact) mass is 561 g/mol. The second-order valence-electron chi connectivity index (χ2n) is 8.91. The lowest BCUT2D eigenvalue weighted by Gasteiger charge is -2.30. The van der Waals surface area contributed by atoms with Crippen molar-refractivity contribution in [2.75, 3.05) is 6.61 Å². The number of benzene rings is 1. The highest BCUT2D eigenvalue weighted by molar-refractivity contribution is 8.09. The van der Waals surface area contributed by atoms with Crippen LogP contribution in [0.1, 0.15) is 33.9 Å². The van der Waals surface area contributed by atoms with Crippen molar-refractivity contribution in [1.29, 1.82) is 0 Å². The number of hydrogen-bond donors (Lipinski definition) is 4. The first kappa shape index (κ1) is 29.1.